The highest BCUT2D eigenvalue weighted by atomic mass is 32.1. The maximum Gasteiger partial charge on any atom is 0.0853 e. The predicted octanol–water partition coefficient (Wildman–Crippen LogP) is 7.44. The van der Waals surface area contributed by atoms with E-state index in [1.54, 1.807) is 0 Å². The monoisotopic (exact) mass is 494 g/mol. The summed E-state index contributed by atoms with van der Waals surface area (Å²) in [6.07, 6.45) is 0.573. The lowest BCUT2D eigenvalue weighted by Crippen LogP contribution is -2.35. The van der Waals surface area contributed by atoms with Crippen LogP contribution in [0.15, 0.2) is 121 Å². The Morgan fingerprint density at radius 3 is 0.857 bits per heavy atom. The van der Waals surface area contributed by atoms with E-state index in [9.17, 15) is 0 Å². The summed E-state index contributed by atoms with van der Waals surface area (Å²) in [5.41, 5.74) is 4.95. The highest BCUT2D eigenvalue weighted by Crippen LogP contribution is 2.17. The fourth-order valence-electron chi connectivity index (χ4n) is 4.03. The minimum absolute atomic E-state index is 0.573. The molecule has 176 valence electrons. The van der Waals surface area contributed by atoms with E-state index in [1.165, 1.54) is 22.3 Å². The lowest BCUT2D eigenvalue weighted by atomic mass is 10.1. The minimum Gasteiger partial charge on any atom is -0.357 e. The van der Waals surface area contributed by atoms with Crippen LogP contribution < -0.4 is 0 Å². The summed E-state index contributed by atoms with van der Waals surface area (Å²) in [5, 5.41) is 0. The molecule has 0 spiro atoms. The fourth-order valence-corrected chi connectivity index (χ4v) is 4.66. The van der Waals surface area contributed by atoms with Crippen LogP contribution in [0.2, 0.25) is 0 Å². The second kappa shape index (κ2) is 12.9. The molecule has 2 nitrogen and oxygen atoms in total. The molecule has 0 heterocycles. The van der Waals surface area contributed by atoms with Crippen molar-refractivity contribution < 1.29 is 0 Å². The van der Waals surface area contributed by atoms with Crippen LogP contribution in [-0.4, -0.2) is 19.8 Å². The van der Waals surface area contributed by atoms with Crippen molar-refractivity contribution in [3.63, 3.8) is 0 Å². The summed E-state index contributed by atoms with van der Waals surface area (Å²) in [4.78, 5) is 6.29. The molecule has 0 saturated carbocycles. The number of hydrogen-bond acceptors (Lipinski definition) is 2. The molecule has 0 aliphatic carbocycles. The van der Waals surface area contributed by atoms with Crippen LogP contribution in [0, 0.1) is 0 Å². The van der Waals surface area contributed by atoms with Gasteiger partial charge in [-0.15, -0.1) is 0 Å². The Kier molecular flexibility index (Phi) is 9.16. The standard InChI is InChI=1S/C31H30N2S2/c34-30(32(22-26-13-5-1-6-14-26)23-27-15-7-2-8-16-27)21-31(35)33(24-28-17-9-3-10-18-28)25-29-19-11-4-12-20-29/h1-20H,21-25H2. The van der Waals surface area contributed by atoms with Crippen LogP contribution in [0.4, 0.5) is 0 Å². The van der Waals surface area contributed by atoms with Crippen LogP contribution in [-0.2, 0) is 26.2 Å². The first-order valence-corrected chi connectivity index (χ1v) is 12.7. The fraction of sp³-hybridized carbons (Fsp3) is 0.161. The van der Waals surface area contributed by atoms with Crippen molar-refractivity contribution in [2.75, 3.05) is 0 Å². The van der Waals surface area contributed by atoms with Gasteiger partial charge < -0.3 is 9.80 Å². The molecule has 0 aromatic heterocycles. The molecule has 4 rings (SSSR count). The van der Waals surface area contributed by atoms with Crippen LogP contribution in [0.3, 0.4) is 0 Å². The van der Waals surface area contributed by atoms with Gasteiger partial charge in [0.05, 0.1) is 9.98 Å². The molecule has 0 atom stereocenters. The average molecular weight is 495 g/mol. The van der Waals surface area contributed by atoms with Crippen molar-refractivity contribution in [1.29, 1.82) is 0 Å². The minimum atomic E-state index is 0.573. The molecule has 0 N–H and O–H groups in total. The SMILES string of the molecule is S=C(CC(=S)N(Cc1ccccc1)Cc1ccccc1)N(Cc1ccccc1)Cc1ccccc1. The first-order valence-electron chi connectivity index (χ1n) is 11.9. The quantitative estimate of drug-likeness (QED) is 0.211. The third-order valence-electron chi connectivity index (χ3n) is 5.87. The van der Waals surface area contributed by atoms with Gasteiger partial charge in [-0.2, -0.15) is 0 Å². The van der Waals surface area contributed by atoms with Gasteiger partial charge in [0.1, 0.15) is 0 Å². The molecule has 0 saturated heterocycles. The Bertz CT molecular complexity index is 1020. The van der Waals surface area contributed by atoms with E-state index in [4.69, 9.17) is 24.4 Å². The lowest BCUT2D eigenvalue weighted by molar-refractivity contribution is 0.394. The second-order valence-electron chi connectivity index (χ2n) is 8.62. The largest absolute Gasteiger partial charge is 0.357 e. The second-order valence-corrected chi connectivity index (χ2v) is 9.56. The van der Waals surface area contributed by atoms with E-state index in [0.29, 0.717) is 6.42 Å². The van der Waals surface area contributed by atoms with Crippen LogP contribution in [0.5, 0.6) is 0 Å². The summed E-state index contributed by atoms with van der Waals surface area (Å²) >= 11 is 12.0. The Morgan fingerprint density at radius 1 is 0.400 bits per heavy atom. The molecule has 35 heavy (non-hydrogen) atoms. The van der Waals surface area contributed by atoms with Crippen molar-refractivity contribution >= 4 is 34.4 Å². The Labute approximate surface area is 219 Å². The van der Waals surface area contributed by atoms with Gasteiger partial charge >= 0.3 is 0 Å². The zero-order valence-corrected chi connectivity index (χ0v) is 21.4. The van der Waals surface area contributed by atoms with Crippen molar-refractivity contribution in [2.24, 2.45) is 0 Å². The van der Waals surface area contributed by atoms with Crippen LogP contribution in [0.1, 0.15) is 28.7 Å². The molecular formula is C31H30N2S2. The van der Waals surface area contributed by atoms with Crippen molar-refractivity contribution in [1.82, 2.24) is 9.80 Å². The normalized spacial score (nSPS) is 10.5. The zero-order chi connectivity index (χ0) is 24.3. The Morgan fingerprint density at radius 2 is 0.629 bits per heavy atom. The zero-order valence-electron chi connectivity index (χ0n) is 19.8. The molecule has 0 fully saturated rings. The van der Waals surface area contributed by atoms with E-state index in [-0.39, 0.29) is 0 Å². The number of hydrogen-bond donors (Lipinski definition) is 0. The summed E-state index contributed by atoms with van der Waals surface area (Å²) in [6.45, 7) is 3.03. The average Bonchev–Trinajstić information content (AvgIpc) is 2.90. The topological polar surface area (TPSA) is 6.48 Å². The number of rotatable bonds is 10. The van der Waals surface area contributed by atoms with Crippen molar-refractivity contribution in [3.05, 3.63) is 144 Å². The van der Waals surface area contributed by atoms with Gasteiger partial charge in [-0.25, -0.2) is 0 Å². The van der Waals surface area contributed by atoms with Gasteiger partial charge in [0.15, 0.2) is 0 Å². The van der Waals surface area contributed by atoms with Crippen LogP contribution >= 0.6 is 24.4 Å². The van der Waals surface area contributed by atoms with E-state index in [1.807, 2.05) is 24.3 Å². The maximum atomic E-state index is 6.01. The van der Waals surface area contributed by atoms with Gasteiger partial charge in [-0.05, 0) is 22.3 Å². The third-order valence-corrected chi connectivity index (χ3v) is 6.68. The van der Waals surface area contributed by atoms with Gasteiger partial charge in [0.2, 0.25) is 0 Å². The lowest BCUT2D eigenvalue weighted by Gasteiger charge is -2.30. The number of thiocarbonyl (C=S) groups is 2. The van der Waals surface area contributed by atoms with Crippen LogP contribution in [0.25, 0.3) is 0 Å². The Balaban J connectivity index is 1.51. The number of nitrogens with zero attached hydrogens (tertiary/aromatic N) is 2. The predicted molar refractivity (Wildman–Crippen MR) is 154 cm³/mol. The highest BCUT2D eigenvalue weighted by molar-refractivity contribution is 7.82. The maximum absolute atomic E-state index is 6.01. The van der Waals surface area contributed by atoms with Gasteiger partial charge in [-0.1, -0.05) is 146 Å². The van der Waals surface area contributed by atoms with Gasteiger partial charge in [0, 0.05) is 32.6 Å². The van der Waals surface area contributed by atoms with Gasteiger partial charge in [-0.3, -0.25) is 0 Å². The molecule has 0 amide bonds. The Hall–Kier alpha value is -3.34. The van der Waals surface area contributed by atoms with E-state index in [2.05, 4.69) is 107 Å². The molecule has 0 unspecified atom stereocenters. The molecular weight excluding hydrogens is 464 g/mol. The van der Waals surface area contributed by atoms with Crippen molar-refractivity contribution in [2.45, 2.75) is 32.6 Å². The summed E-state index contributed by atoms with van der Waals surface area (Å²) in [6, 6.07) is 42.0. The summed E-state index contributed by atoms with van der Waals surface area (Å²) in [5.74, 6) is 0. The van der Waals surface area contributed by atoms with E-state index >= 15 is 0 Å². The van der Waals surface area contributed by atoms with Crippen molar-refractivity contribution in [3.8, 4) is 0 Å². The first kappa shape index (κ1) is 24.8. The molecule has 0 aliphatic heterocycles. The van der Waals surface area contributed by atoms with E-state index < -0.39 is 0 Å². The third kappa shape index (κ3) is 7.84. The number of benzene rings is 4. The highest BCUT2D eigenvalue weighted by Gasteiger charge is 2.18. The molecule has 4 heteroatoms. The summed E-state index contributed by atoms with van der Waals surface area (Å²) in [7, 11) is 0. The van der Waals surface area contributed by atoms with E-state index in [0.717, 1.165) is 36.2 Å². The smallest absolute Gasteiger partial charge is 0.0853 e. The molecule has 0 radical (unpaired) electrons. The molecule has 4 aromatic carbocycles. The first-order chi connectivity index (χ1) is 17.2. The molecule has 0 bridgehead atoms. The molecule has 4 aromatic rings. The van der Waals surface area contributed by atoms with Gasteiger partial charge in [0.25, 0.3) is 0 Å². The molecule has 0 aliphatic rings. The summed E-state index contributed by atoms with van der Waals surface area (Å²) < 4.78 is 0.